The van der Waals surface area contributed by atoms with Crippen LogP contribution < -0.4 is 5.32 Å². The van der Waals surface area contributed by atoms with Crippen molar-refractivity contribution in [1.82, 2.24) is 5.32 Å². The lowest BCUT2D eigenvalue weighted by molar-refractivity contribution is -0.131. The number of carbonyl (C=O) groups is 1. The summed E-state index contributed by atoms with van der Waals surface area (Å²) in [5.41, 5.74) is 1.84. The molecule has 0 aromatic heterocycles. The molecule has 2 saturated carbocycles. The first kappa shape index (κ1) is 14.7. The zero-order valence-corrected chi connectivity index (χ0v) is 13.9. The largest absolute Gasteiger partial charge is 0.393 e. The molecule has 3 heteroatoms. The minimum Gasteiger partial charge on any atom is -0.393 e. The Balaban J connectivity index is 1.66. The summed E-state index contributed by atoms with van der Waals surface area (Å²) in [7, 11) is 0. The number of amides is 1. The van der Waals surface area contributed by atoms with Crippen LogP contribution in [0, 0.1) is 23.2 Å². The van der Waals surface area contributed by atoms with Crippen LogP contribution in [0.15, 0.2) is 11.6 Å². The van der Waals surface area contributed by atoms with Crippen molar-refractivity contribution in [2.75, 3.05) is 0 Å². The minimum absolute atomic E-state index is 0.0202. The van der Waals surface area contributed by atoms with E-state index in [1.54, 1.807) is 0 Å². The van der Waals surface area contributed by atoms with Gasteiger partial charge in [0.1, 0.15) is 0 Å². The van der Waals surface area contributed by atoms with Crippen LogP contribution in [0.1, 0.15) is 65.2 Å². The summed E-state index contributed by atoms with van der Waals surface area (Å²) in [5.74, 6) is 2.33. The van der Waals surface area contributed by atoms with E-state index in [4.69, 9.17) is 0 Å². The predicted octanol–water partition coefficient (Wildman–Crippen LogP) is 3.18. The fraction of sp³-hybridized carbons (Fsp3) is 0.842. The average Bonchev–Trinajstić information content (AvgIpc) is 2.46. The third-order valence-electron chi connectivity index (χ3n) is 7.57. The highest BCUT2D eigenvalue weighted by molar-refractivity contribution is 5.77. The highest BCUT2D eigenvalue weighted by Crippen LogP contribution is 2.60. The summed E-state index contributed by atoms with van der Waals surface area (Å²) in [5, 5.41) is 13.3. The molecule has 4 rings (SSSR count). The Morgan fingerprint density at radius 1 is 1.18 bits per heavy atom. The smallest absolute Gasteiger partial charge is 0.220 e. The number of nitrogens with one attached hydrogen (secondary N) is 1. The molecule has 1 amide bonds. The van der Waals surface area contributed by atoms with Gasteiger partial charge in [0.15, 0.2) is 0 Å². The Kier molecular flexibility index (Phi) is 3.24. The average molecular weight is 303 g/mol. The Bertz CT molecular complexity index is 528. The Labute approximate surface area is 133 Å². The van der Waals surface area contributed by atoms with Crippen molar-refractivity contribution in [3.05, 3.63) is 11.6 Å². The van der Waals surface area contributed by atoms with Crippen LogP contribution in [0.4, 0.5) is 0 Å². The van der Waals surface area contributed by atoms with Crippen LogP contribution in [0.3, 0.4) is 0 Å². The zero-order valence-electron chi connectivity index (χ0n) is 13.9. The van der Waals surface area contributed by atoms with E-state index in [1.165, 1.54) is 12.0 Å². The van der Waals surface area contributed by atoms with E-state index >= 15 is 0 Å². The van der Waals surface area contributed by atoms with Crippen LogP contribution in [-0.2, 0) is 4.79 Å². The van der Waals surface area contributed by atoms with Gasteiger partial charge < -0.3 is 10.4 Å². The maximum atomic E-state index is 11.9. The second kappa shape index (κ2) is 4.83. The van der Waals surface area contributed by atoms with E-state index in [9.17, 15) is 9.90 Å². The molecule has 3 aliphatic carbocycles. The van der Waals surface area contributed by atoms with Gasteiger partial charge in [-0.1, -0.05) is 18.6 Å². The number of aliphatic hydroxyl groups excluding tert-OH is 1. The summed E-state index contributed by atoms with van der Waals surface area (Å²) in [6.07, 6.45) is 10.6. The van der Waals surface area contributed by atoms with Gasteiger partial charge in [0, 0.05) is 12.0 Å². The van der Waals surface area contributed by atoms with Gasteiger partial charge in [-0.3, -0.25) is 4.79 Å². The van der Waals surface area contributed by atoms with Gasteiger partial charge in [0.2, 0.25) is 5.91 Å². The summed E-state index contributed by atoms with van der Waals surface area (Å²) in [6, 6.07) is 0. The van der Waals surface area contributed by atoms with Crippen LogP contribution in [0.5, 0.6) is 0 Å². The lowest BCUT2D eigenvalue weighted by atomic mass is 9.48. The molecule has 0 aromatic carbocycles. The number of rotatable bonds is 0. The van der Waals surface area contributed by atoms with E-state index in [0.29, 0.717) is 23.7 Å². The SMILES string of the molecule is C[C@]12CC[C@H](O)CC1=CC[C@@H]1C2CC[C@]2(C)NC(=O)CCC12. The molecule has 4 aliphatic rings. The zero-order chi connectivity index (χ0) is 15.5. The van der Waals surface area contributed by atoms with Gasteiger partial charge >= 0.3 is 0 Å². The molecule has 122 valence electrons. The maximum absolute atomic E-state index is 11.9. The molecule has 3 fully saturated rings. The van der Waals surface area contributed by atoms with E-state index in [1.807, 2.05) is 0 Å². The van der Waals surface area contributed by atoms with E-state index in [2.05, 4.69) is 25.2 Å². The molecule has 0 spiro atoms. The number of carbonyl (C=O) groups excluding carboxylic acids is 1. The molecule has 3 nitrogen and oxygen atoms in total. The van der Waals surface area contributed by atoms with Crippen LogP contribution in [0.2, 0.25) is 0 Å². The number of aliphatic hydroxyl groups is 1. The topological polar surface area (TPSA) is 49.3 Å². The fourth-order valence-electron chi connectivity index (χ4n) is 6.32. The lowest BCUT2D eigenvalue weighted by Gasteiger charge is -2.59. The Morgan fingerprint density at radius 3 is 2.82 bits per heavy atom. The monoisotopic (exact) mass is 303 g/mol. The van der Waals surface area contributed by atoms with Crippen molar-refractivity contribution in [1.29, 1.82) is 0 Å². The van der Waals surface area contributed by atoms with Crippen molar-refractivity contribution < 1.29 is 9.90 Å². The van der Waals surface area contributed by atoms with Gasteiger partial charge in [-0.25, -0.2) is 0 Å². The quantitative estimate of drug-likeness (QED) is 0.675. The Morgan fingerprint density at radius 2 is 2.00 bits per heavy atom. The number of fused-ring (bicyclic) bond motifs is 5. The van der Waals surface area contributed by atoms with Crippen molar-refractivity contribution >= 4 is 5.91 Å². The van der Waals surface area contributed by atoms with Crippen molar-refractivity contribution in [2.45, 2.75) is 76.9 Å². The van der Waals surface area contributed by atoms with Gasteiger partial charge in [0.05, 0.1) is 6.10 Å². The summed E-state index contributed by atoms with van der Waals surface area (Å²) < 4.78 is 0. The second-order valence-corrected chi connectivity index (χ2v) is 8.70. The van der Waals surface area contributed by atoms with Crippen molar-refractivity contribution in [2.24, 2.45) is 23.2 Å². The number of allylic oxidation sites excluding steroid dienone is 1. The predicted molar refractivity (Wildman–Crippen MR) is 86.2 cm³/mol. The van der Waals surface area contributed by atoms with Gasteiger partial charge in [0.25, 0.3) is 0 Å². The second-order valence-electron chi connectivity index (χ2n) is 8.70. The van der Waals surface area contributed by atoms with E-state index < -0.39 is 0 Å². The summed E-state index contributed by atoms with van der Waals surface area (Å²) >= 11 is 0. The highest BCUT2D eigenvalue weighted by Gasteiger charge is 2.55. The molecule has 1 aliphatic heterocycles. The normalized spacial score (nSPS) is 51.0. The van der Waals surface area contributed by atoms with E-state index in [-0.39, 0.29) is 17.6 Å². The van der Waals surface area contributed by atoms with Gasteiger partial charge in [-0.2, -0.15) is 0 Å². The van der Waals surface area contributed by atoms with Crippen LogP contribution in [0.25, 0.3) is 0 Å². The maximum Gasteiger partial charge on any atom is 0.220 e. The molecule has 1 saturated heterocycles. The van der Waals surface area contributed by atoms with Gasteiger partial charge in [-0.05, 0) is 75.0 Å². The third-order valence-corrected chi connectivity index (χ3v) is 7.57. The number of hydrogen-bond donors (Lipinski definition) is 2. The molecule has 1 heterocycles. The number of piperidine rings is 1. The molecular formula is C19H29NO2. The minimum atomic E-state index is -0.126. The molecule has 2 unspecified atom stereocenters. The first-order valence-corrected chi connectivity index (χ1v) is 9.11. The highest BCUT2D eigenvalue weighted by atomic mass is 16.3. The standard InChI is InChI=1S/C19H29NO2/c1-18-9-7-13(21)11-12(18)3-4-14-15(18)8-10-19(2)16(14)5-6-17(22)20-19/h3,13-16,21H,4-11H2,1-2H3,(H,20,22)/t13-,14+,15?,16?,18-,19-/m0/s1. The van der Waals surface area contributed by atoms with Crippen LogP contribution >= 0.6 is 0 Å². The Hall–Kier alpha value is -0.830. The molecule has 2 N–H and O–H groups in total. The first-order valence-electron chi connectivity index (χ1n) is 9.11. The first-order chi connectivity index (χ1) is 10.4. The van der Waals surface area contributed by atoms with Crippen molar-refractivity contribution in [3.63, 3.8) is 0 Å². The third kappa shape index (κ3) is 2.01. The summed E-state index contributed by atoms with van der Waals surface area (Å²) in [6.45, 7) is 4.72. The molecular weight excluding hydrogens is 274 g/mol. The summed E-state index contributed by atoms with van der Waals surface area (Å²) in [4.78, 5) is 11.9. The van der Waals surface area contributed by atoms with Crippen molar-refractivity contribution in [3.8, 4) is 0 Å². The molecule has 0 aromatic rings. The molecule has 0 radical (unpaired) electrons. The molecule has 0 bridgehead atoms. The van der Waals surface area contributed by atoms with Gasteiger partial charge in [-0.15, -0.1) is 0 Å². The molecule has 6 atom stereocenters. The molecule has 22 heavy (non-hydrogen) atoms. The lowest BCUT2D eigenvalue weighted by Crippen LogP contribution is -2.62. The number of hydrogen-bond acceptors (Lipinski definition) is 2. The van der Waals surface area contributed by atoms with Crippen LogP contribution in [-0.4, -0.2) is 22.7 Å². The van der Waals surface area contributed by atoms with E-state index in [0.717, 1.165) is 44.4 Å². The fourth-order valence-corrected chi connectivity index (χ4v) is 6.32.